The van der Waals surface area contributed by atoms with E-state index in [4.69, 9.17) is 0 Å². The summed E-state index contributed by atoms with van der Waals surface area (Å²) in [6.45, 7) is 5.49. The van der Waals surface area contributed by atoms with E-state index in [-0.39, 0.29) is 11.9 Å². The van der Waals surface area contributed by atoms with Gasteiger partial charge < -0.3 is 10.2 Å². The molecule has 2 aromatic heterocycles. The minimum atomic E-state index is 0.0852. The lowest BCUT2D eigenvalue weighted by Crippen LogP contribution is -2.38. The van der Waals surface area contributed by atoms with Crippen molar-refractivity contribution in [1.29, 1.82) is 0 Å². The van der Waals surface area contributed by atoms with E-state index in [1.54, 1.807) is 0 Å². The van der Waals surface area contributed by atoms with Crippen molar-refractivity contribution in [2.45, 2.75) is 39.3 Å². The molecule has 1 amide bonds. The summed E-state index contributed by atoms with van der Waals surface area (Å²) < 4.78 is 6.24. The van der Waals surface area contributed by atoms with E-state index in [1.807, 2.05) is 42.9 Å². The predicted octanol–water partition coefficient (Wildman–Crippen LogP) is 2.30. The van der Waals surface area contributed by atoms with Gasteiger partial charge in [0.15, 0.2) is 0 Å². The predicted molar refractivity (Wildman–Crippen MR) is 87.4 cm³/mol. The highest BCUT2D eigenvalue weighted by atomic mass is 32.1. The average molecular weight is 319 g/mol. The molecule has 7 heteroatoms. The maximum Gasteiger partial charge on any atom is 0.259 e. The van der Waals surface area contributed by atoms with Gasteiger partial charge in [0.1, 0.15) is 5.00 Å². The fraction of sp³-hybridized carbons (Fsp3) is 0.533. The van der Waals surface area contributed by atoms with Gasteiger partial charge in [-0.1, -0.05) is 0 Å². The van der Waals surface area contributed by atoms with Crippen LogP contribution in [0.25, 0.3) is 0 Å². The first-order valence-electron chi connectivity index (χ1n) is 7.54. The fourth-order valence-corrected chi connectivity index (χ4v) is 3.75. The largest absolute Gasteiger partial charge is 0.378 e. The van der Waals surface area contributed by atoms with E-state index < -0.39 is 0 Å². The highest BCUT2D eigenvalue weighted by Crippen LogP contribution is 2.29. The average Bonchev–Trinajstić information content (AvgIpc) is 3.19. The number of likely N-dealkylation sites (tertiary alicyclic amines) is 1. The molecule has 1 saturated heterocycles. The van der Waals surface area contributed by atoms with Gasteiger partial charge in [-0.15, -0.1) is 0 Å². The van der Waals surface area contributed by atoms with Gasteiger partial charge in [0, 0.05) is 19.8 Å². The third-order valence-electron chi connectivity index (χ3n) is 4.10. The molecular weight excluding hydrogens is 298 g/mol. The molecule has 2 aromatic rings. The highest BCUT2D eigenvalue weighted by Gasteiger charge is 2.32. The highest BCUT2D eigenvalue weighted by molar-refractivity contribution is 7.10. The lowest BCUT2D eigenvalue weighted by molar-refractivity contribution is 0.0722. The molecule has 118 valence electrons. The monoisotopic (exact) mass is 319 g/mol. The molecular formula is C15H21N5OS. The standard InChI is InChI=1S/C15H21N5OS/c1-10-7-17-19(8-10)9-12-5-4-6-20(12)15(21)13-11(2)18-22-14(13)16-3/h7-8,12,16H,4-6,9H2,1-3H3. The van der Waals surface area contributed by atoms with Crippen molar-refractivity contribution in [2.75, 3.05) is 18.9 Å². The van der Waals surface area contributed by atoms with Gasteiger partial charge in [0.25, 0.3) is 5.91 Å². The molecule has 1 aliphatic rings. The minimum absolute atomic E-state index is 0.0852. The Morgan fingerprint density at radius 2 is 2.32 bits per heavy atom. The number of carbonyl (C=O) groups excluding carboxylic acids is 1. The quantitative estimate of drug-likeness (QED) is 0.939. The molecule has 1 aliphatic heterocycles. The molecule has 0 aromatic carbocycles. The second-order valence-corrected chi connectivity index (χ2v) is 6.53. The van der Waals surface area contributed by atoms with Crippen LogP contribution < -0.4 is 5.32 Å². The number of aryl methyl sites for hydroxylation is 2. The van der Waals surface area contributed by atoms with E-state index in [0.717, 1.165) is 47.8 Å². The number of nitrogens with zero attached hydrogens (tertiary/aromatic N) is 4. The molecule has 1 fully saturated rings. The molecule has 0 bridgehead atoms. The number of amides is 1. The van der Waals surface area contributed by atoms with Gasteiger partial charge >= 0.3 is 0 Å². The van der Waals surface area contributed by atoms with E-state index in [0.29, 0.717) is 0 Å². The van der Waals surface area contributed by atoms with Crippen LogP contribution in [0.4, 0.5) is 5.00 Å². The van der Waals surface area contributed by atoms with Crippen molar-refractivity contribution in [1.82, 2.24) is 19.1 Å². The summed E-state index contributed by atoms with van der Waals surface area (Å²) in [4.78, 5) is 14.9. The van der Waals surface area contributed by atoms with Crippen LogP contribution in [0.3, 0.4) is 0 Å². The van der Waals surface area contributed by atoms with Crippen LogP contribution in [-0.4, -0.2) is 44.6 Å². The number of rotatable bonds is 4. The first kappa shape index (κ1) is 15.0. The van der Waals surface area contributed by atoms with Crippen molar-refractivity contribution in [3.05, 3.63) is 29.2 Å². The van der Waals surface area contributed by atoms with Gasteiger partial charge in [-0.25, -0.2) is 0 Å². The molecule has 22 heavy (non-hydrogen) atoms. The second-order valence-electron chi connectivity index (χ2n) is 5.76. The zero-order valence-corrected chi connectivity index (χ0v) is 14.0. The summed E-state index contributed by atoms with van der Waals surface area (Å²) in [6.07, 6.45) is 5.95. The number of carbonyl (C=O) groups is 1. The van der Waals surface area contributed by atoms with Gasteiger partial charge in [-0.2, -0.15) is 9.47 Å². The number of hydrogen-bond donors (Lipinski definition) is 1. The van der Waals surface area contributed by atoms with E-state index in [2.05, 4.69) is 14.8 Å². The molecule has 1 unspecified atom stereocenters. The zero-order chi connectivity index (χ0) is 15.7. The first-order valence-corrected chi connectivity index (χ1v) is 8.31. The summed E-state index contributed by atoms with van der Waals surface area (Å²) in [6, 6.07) is 0.204. The molecule has 0 spiro atoms. The summed E-state index contributed by atoms with van der Waals surface area (Å²) >= 11 is 1.35. The smallest absolute Gasteiger partial charge is 0.259 e. The van der Waals surface area contributed by atoms with Crippen molar-refractivity contribution < 1.29 is 4.79 Å². The fourth-order valence-electron chi connectivity index (χ4n) is 3.01. The molecule has 1 N–H and O–H groups in total. The lowest BCUT2D eigenvalue weighted by atomic mass is 10.2. The molecule has 3 heterocycles. The van der Waals surface area contributed by atoms with E-state index >= 15 is 0 Å². The third kappa shape index (κ3) is 2.72. The van der Waals surface area contributed by atoms with Gasteiger partial charge in [-0.3, -0.25) is 9.48 Å². The van der Waals surface area contributed by atoms with Crippen LogP contribution in [-0.2, 0) is 6.54 Å². The maximum absolute atomic E-state index is 12.9. The van der Waals surface area contributed by atoms with E-state index in [1.165, 1.54) is 11.5 Å². The van der Waals surface area contributed by atoms with Crippen LogP contribution in [0.5, 0.6) is 0 Å². The van der Waals surface area contributed by atoms with Crippen molar-refractivity contribution in [3.63, 3.8) is 0 Å². The van der Waals surface area contributed by atoms with Crippen LogP contribution in [0.1, 0.15) is 34.5 Å². The summed E-state index contributed by atoms with van der Waals surface area (Å²) in [5.41, 5.74) is 2.67. The summed E-state index contributed by atoms with van der Waals surface area (Å²) in [7, 11) is 1.83. The van der Waals surface area contributed by atoms with Gasteiger partial charge in [-0.05, 0) is 43.8 Å². The minimum Gasteiger partial charge on any atom is -0.378 e. The summed E-state index contributed by atoms with van der Waals surface area (Å²) in [5, 5.41) is 8.27. The Balaban J connectivity index is 1.80. The topological polar surface area (TPSA) is 63.1 Å². The Labute approximate surface area is 134 Å². The van der Waals surface area contributed by atoms with Crippen LogP contribution in [0.2, 0.25) is 0 Å². The van der Waals surface area contributed by atoms with E-state index in [9.17, 15) is 4.79 Å². The molecule has 0 aliphatic carbocycles. The molecule has 6 nitrogen and oxygen atoms in total. The van der Waals surface area contributed by atoms with Crippen molar-refractivity contribution in [2.24, 2.45) is 0 Å². The van der Waals surface area contributed by atoms with Gasteiger partial charge in [0.05, 0.1) is 30.0 Å². The number of aromatic nitrogens is 3. The summed E-state index contributed by atoms with van der Waals surface area (Å²) in [5.74, 6) is 0.0852. The Morgan fingerprint density at radius 3 is 3.00 bits per heavy atom. The Bertz CT molecular complexity index is 677. The Hall–Kier alpha value is -1.89. The first-order chi connectivity index (χ1) is 10.6. The molecule has 3 rings (SSSR count). The number of anilines is 1. The molecule has 0 saturated carbocycles. The van der Waals surface area contributed by atoms with Crippen molar-refractivity contribution in [3.8, 4) is 0 Å². The van der Waals surface area contributed by atoms with Crippen LogP contribution >= 0.6 is 11.5 Å². The second kappa shape index (κ2) is 6.08. The van der Waals surface area contributed by atoms with Crippen LogP contribution in [0, 0.1) is 13.8 Å². The Morgan fingerprint density at radius 1 is 1.50 bits per heavy atom. The number of nitrogens with one attached hydrogen (secondary N) is 1. The molecule has 0 radical (unpaired) electrons. The lowest BCUT2D eigenvalue weighted by Gasteiger charge is -2.25. The van der Waals surface area contributed by atoms with Gasteiger partial charge in [0.2, 0.25) is 0 Å². The zero-order valence-electron chi connectivity index (χ0n) is 13.2. The normalized spacial score (nSPS) is 18.0. The number of hydrogen-bond acceptors (Lipinski definition) is 5. The van der Waals surface area contributed by atoms with Crippen molar-refractivity contribution >= 4 is 22.4 Å². The van der Waals surface area contributed by atoms with Crippen LogP contribution in [0.15, 0.2) is 12.4 Å². The maximum atomic E-state index is 12.9. The SMILES string of the molecule is CNc1snc(C)c1C(=O)N1CCCC1Cn1cc(C)cn1. The third-order valence-corrected chi connectivity index (χ3v) is 5.06. The Kier molecular flexibility index (Phi) is 4.15. The molecule has 1 atom stereocenters.